The molecule has 3 rings (SSSR count). The predicted octanol–water partition coefficient (Wildman–Crippen LogP) is 2.73. The highest BCUT2D eigenvalue weighted by molar-refractivity contribution is 7.09. The van der Waals surface area contributed by atoms with Gasteiger partial charge in [0.15, 0.2) is 0 Å². The molecule has 2 aromatic rings. The van der Waals surface area contributed by atoms with E-state index in [0.29, 0.717) is 0 Å². The van der Waals surface area contributed by atoms with Crippen LogP contribution in [0.15, 0.2) is 23.7 Å². The number of thiazole rings is 1. The Balaban J connectivity index is 1.63. The lowest BCUT2D eigenvalue weighted by molar-refractivity contribution is 0.674. The number of aryl methyl sites for hydroxylation is 1. The Hall–Kier alpha value is -1.46. The molecule has 2 heterocycles. The topological polar surface area (TPSA) is 41.1 Å². The first-order valence-electron chi connectivity index (χ1n) is 7.01. The minimum atomic E-state index is 0.719. The van der Waals surface area contributed by atoms with Gasteiger partial charge in [-0.05, 0) is 31.9 Å². The SMILES string of the molecule is Cc1nc(CN(C)c2ccnc(CNC3CC3)c2)cs1. The van der Waals surface area contributed by atoms with Gasteiger partial charge in [-0.1, -0.05) is 0 Å². The predicted molar refractivity (Wildman–Crippen MR) is 83.1 cm³/mol. The molecule has 0 atom stereocenters. The van der Waals surface area contributed by atoms with Crippen molar-refractivity contribution >= 4 is 17.0 Å². The van der Waals surface area contributed by atoms with E-state index in [4.69, 9.17) is 0 Å². The summed E-state index contributed by atoms with van der Waals surface area (Å²) in [5.74, 6) is 0. The first kappa shape index (κ1) is 13.5. The Morgan fingerprint density at radius 3 is 2.95 bits per heavy atom. The van der Waals surface area contributed by atoms with Gasteiger partial charge in [-0.15, -0.1) is 11.3 Å². The van der Waals surface area contributed by atoms with Crippen molar-refractivity contribution in [3.63, 3.8) is 0 Å². The average Bonchev–Trinajstić information content (AvgIpc) is 3.19. The van der Waals surface area contributed by atoms with Crippen molar-refractivity contribution < 1.29 is 0 Å². The summed E-state index contributed by atoms with van der Waals surface area (Å²) >= 11 is 1.70. The number of hydrogen-bond donors (Lipinski definition) is 1. The summed E-state index contributed by atoms with van der Waals surface area (Å²) in [5, 5.41) is 6.75. The maximum absolute atomic E-state index is 4.52. The molecule has 1 fully saturated rings. The van der Waals surface area contributed by atoms with Gasteiger partial charge in [-0.25, -0.2) is 4.98 Å². The van der Waals surface area contributed by atoms with Crippen LogP contribution in [0.4, 0.5) is 5.69 Å². The summed E-state index contributed by atoms with van der Waals surface area (Å²) in [7, 11) is 2.10. The van der Waals surface area contributed by atoms with Crippen molar-refractivity contribution in [2.75, 3.05) is 11.9 Å². The molecule has 1 aliphatic rings. The molecule has 0 saturated heterocycles. The summed E-state index contributed by atoms with van der Waals surface area (Å²) in [6.45, 7) is 3.74. The smallest absolute Gasteiger partial charge is 0.0898 e. The van der Waals surface area contributed by atoms with E-state index in [2.05, 4.69) is 44.7 Å². The van der Waals surface area contributed by atoms with Crippen LogP contribution >= 0.6 is 11.3 Å². The lowest BCUT2D eigenvalue weighted by Gasteiger charge is -2.18. The van der Waals surface area contributed by atoms with E-state index >= 15 is 0 Å². The first-order chi connectivity index (χ1) is 9.70. The van der Waals surface area contributed by atoms with E-state index in [0.717, 1.165) is 35.5 Å². The highest BCUT2D eigenvalue weighted by Gasteiger charge is 2.20. The van der Waals surface area contributed by atoms with Gasteiger partial charge in [0, 0.05) is 36.9 Å². The Morgan fingerprint density at radius 2 is 2.25 bits per heavy atom. The number of pyridine rings is 1. The fourth-order valence-electron chi connectivity index (χ4n) is 2.15. The molecule has 106 valence electrons. The van der Waals surface area contributed by atoms with E-state index < -0.39 is 0 Å². The maximum Gasteiger partial charge on any atom is 0.0898 e. The van der Waals surface area contributed by atoms with Crippen molar-refractivity contribution in [1.29, 1.82) is 0 Å². The fraction of sp³-hybridized carbons (Fsp3) is 0.467. The van der Waals surface area contributed by atoms with Crippen LogP contribution in [0, 0.1) is 6.92 Å². The number of anilines is 1. The van der Waals surface area contributed by atoms with Gasteiger partial charge in [0.05, 0.1) is 22.9 Å². The number of rotatable bonds is 6. The molecule has 1 aliphatic carbocycles. The first-order valence-corrected chi connectivity index (χ1v) is 7.89. The summed E-state index contributed by atoms with van der Waals surface area (Å²) in [6.07, 6.45) is 4.51. The van der Waals surface area contributed by atoms with Crippen LogP contribution < -0.4 is 10.2 Å². The third-order valence-electron chi connectivity index (χ3n) is 3.46. The zero-order valence-electron chi connectivity index (χ0n) is 12.0. The third kappa shape index (κ3) is 3.55. The fourth-order valence-corrected chi connectivity index (χ4v) is 2.75. The largest absolute Gasteiger partial charge is 0.369 e. The summed E-state index contributed by atoms with van der Waals surface area (Å²) < 4.78 is 0. The van der Waals surface area contributed by atoms with Gasteiger partial charge >= 0.3 is 0 Å². The van der Waals surface area contributed by atoms with Gasteiger partial charge in [0.1, 0.15) is 0 Å². The van der Waals surface area contributed by atoms with Crippen molar-refractivity contribution in [1.82, 2.24) is 15.3 Å². The second-order valence-corrected chi connectivity index (χ2v) is 6.44. The molecule has 0 aliphatic heterocycles. The molecular formula is C15H20N4S. The minimum absolute atomic E-state index is 0.719. The maximum atomic E-state index is 4.52. The van der Waals surface area contributed by atoms with E-state index in [9.17, 15) is 0 Å². The Kier molecular flexibility index (Phi) is 3.98. The number of hydrogen-bond acceptors (Lipinski definition) is 5. The molecule has 0 unspecified atom stereocenters. The molecule has 0 aromatic carbocycles. The molecule has 0 spiro atoms. The van der Waals surface area contributed by atoms with Crippen molar-refractivity contribution in [2.24, 2.45) is 0 Å². The van der Waals surface area contributed by atoms with Crippen molar-refractivity contribution in [2.45, 2.75) is 38.9 Å². The van der Waals surface area contributed by atoms with E-state index in [1.165, 1.54) is 18.5 Å². The minimum Gasteiger partial charge on any atom is -0.369 e. The molecule has 0 amide bonds. The molecule has 2 aromatic heterocycles. The Labute approximate surface area is 123 Å². The van der Waals surface area contributed by atoms with Gasteiger partial charge in [0.2, 0.25) is 0 Å². The van der Waals surface area contributed by atoms with Crippen molar-refractivity contribution in [3.8, 4) is 0 Å². The van der Waals surface area contributed by atoms with Crippen LogP contribution in [0.1, 0.15) is 29.2 Å². The molecule has 0 radical (unpaired) electrons. The van der Waals surface area contributed by atoms with Crippen LogP contribution in [-0.4, -0.2) is 23.1 Å². The number of nitrogens with one attached hydrogen (secondary N) is 1. The number of aromatic nitrogens is 2. The number of nitrogens with zero attached hydrogens (tertiary/aromatic N) is 3. The second kappa shape index (κ2) is 5.89. The zero-order valence-corrected chi connectivity index (χ0v) is 12.8. The van der Waals surface area contributed by atoms with Crippen LogP contribution in [0.3, 0.4) is 0 Å². The molecule has 1 N–H and O–H groups in total. The quantitative estimate of drug-likeness (QED) is 0.887. The molecule has 0 bridgehead atoms. The van der Waals surface area contributed by atoms with Gasteiger partial charge < -0.3 is 10.2 Å². The lowest BCUT2D eigenvalue weighted by atomic mass is 10.3. The highest BCUT2D eigenvalue weighted by Crippen LogP contribution is 2.20. The van der Waals surface area contributed by atoms with Crippen LogP contribution in [0.25, 0.3) is 0 Å². The van der Waals surface area contributed by atoms with Gasteiger partial charge in [-0.2, -0.15) is 0 Å². The summed E-state index contributed by atoms with van der Waals surface area (Å²) in [6, 6.07) is 4.94. The lowest BCUT2D eigenvalue weighted by Crippen LogP contribution is -2.19. The normalized spacial score (nSPS) is 14.5. The Bertz CT molecular complexity index is 577. The van der Waals surface area contributed by atoms with Crippen LogP contribution in [-0.2, 0) is 13.1 Å². The monoisotopic (exact) mass is 288 g/mol. The highest BCUT2D eigenvalue weighted by atomic mass is 32.1. The molecule has 1 saturated carbocycles. The molecule has 4 nitrogen and oxygen atoms in total. The van der Waals surface area contributed by atoms with Crippen molar-refractivity contribution in [3.05, 3.63) is 40.1 Å². The zero-order chi connectivity index (χ0) is 13.9. The standard InChI is InChI=1S/C15H20N4S/c1-11-18-14(10-20-11)9-19(2)15-5-6-16-13(7-15)8-17-12-3-4-12/h5-7,10,12,17H,3-4,8-9H2,1-2H3. The molecule has 5 heteroatoms. The van der Waals surface area contributed by atoms with Crippen LogP contribution in [0.5, 0.6) is 0 Å². The van der Waals surface area contributed by atoms with Gasteiger partial charge in [0.25, 0.3) is 0 Å². The molecular weight excluding hydrogens is 268 g/mol. The second-order valence-electron chi connectivity index (χ2n) is 5.37. The summed E-state index contributed by atoms with van der Waals surface area (Å²) in [5.41, 5.74) is 3.43. The van der Waals surface area contributed by atoms with Crippen LogP contribution in [0.2, 0.25) is 0 Å². The Morgan fingerprint density at radius 1 is 1.40 bits per heavy atom. The van der Waals surface area contributed by atoms with E-state index in [1.54, 1.807) is 11.3 Å². The van der Waals surface area contributed by atoms with Gasteiger partial charge in [-0.3, -0.25) is 4.98 Å². The third-order valence-corrected chi connectivity index (χ3v) is 4.28. The van der Waals surface area contributed by atoms with E-state index in [-0.39, 0.29) is 0 Å². The summed E-state index contributed by atoms with van der Waals surface area (Å²) in [4.78, 5) is 11.2. The van der Waals surface area contributed by atoms with E-state index in [1.807, 2.05) is 13.1 Å². The molecule has 20 heavy (non-hydrogen) atoms. The average molecular weight is 288 g/mol.